The van der Waals surface area contributed by atoms with Crippen molar-refractivity contribution in [1.82, 2.24) is 9.78 Å². The summed E-state index contributed by atoms with van der Waals surface area (Å²) in [6.07, 6.45) is 0. The van der Waals surface area contributed by atoms with Gasteiger partial charge in [-0.1, -0.05) is 42.0 Å². The minimum atomic E-state index is -0.660. The normalized spacial score (nSPS) is 10.5. The molecule has 31 heavy (non-hydrogen) atoms. The predicted molar refractivity (Wildman–Crippen MR) is 115 cm³/mol. The summed E-state index contributed by atoms with van der Waals surface area (Å²) in [5, 5.41) is 15.2. The van der Waals surface area contributed by atoms with E-state index in [1.165, 1.54) is 16.8 Å². The maximum Gasteiger partial charge on any atom is 0.344 e. The van der Waals surface area contributed by atoms with Gasteiger partial charge >= 0.3 is 5.97 Å². The van der Waals surface area contributed by atoms with Crippen LogP contribution in [0.1, 0.15) is 38.9 Å². The highest BCUT2D eigenvalue weighted by Crippen LogP contribution is 2.31. The molecule has 2 aromatic carbocycles. The Morgan fingerprint density at radius 1 is 1.23 bits per heavy atom. The van der Waals surface area contributed by atoms with Crippen LogP contribution in [-0.4, -0.2) is 26.5 Å². The van der Waals surface area contributed by atoms with E-state index in [4.69, 9.17) is 16.3 Å². The fourth-order valence-electron chi connectivity index (χ4n) is 2.95. The molecule has 0 bridgehead atoms. The van der Waals surface area contributed by atoms with E-state index in [9.17, 15) is 19.7 Å². The number of benzene rings is 2. The number of nitrogens with zero attached hydrogens (tertiary/aromatic N) is 3. The summed E-state index contributed by atoms with van der Waals surface area (Å²) in [5.41, 5.74) is 1.17. The minimum absolute atomic E-state index is 0.0299. The summed E-state index contributed by atoms with van der Waals surface area (Å²) in [5.74, 6) is -1.28. The Bertz CT molecular complexity index is 1200. The lowest BCUT2D eigenvalue weighted by Crippen LogP contribution is -2.15. The second-order valence-corrected chi connectivity index (χ2v) is 7.29. The number of carbonyl (C=O) groups excluding carboxylic acids is 2. The standard InChI is InChI=1S/C22H18ClN3O5/c1-13(2)12-25-21(31-22(28)15-7-5-4-6-8-15)19(14(3)24-25)20(27)17-10-9-16(26(29)30)11-18(17)23/h4-11H,1,12H2,2-3H3. The molecule has 8 nitrogen and oxygen atoms in total. The van der Waals surface area contributed by atoms with Crippen molar-refractivity contribution in [1.29, 1.82) is 0 Å². The lowest BCUT2D eigenvalue weighted by atomic mass is 10.0. The van der Waals surface area contributed by atoms with E-state index in [1.54, 1.807) is 44.2 Å². The summed E-state index contributed by atoms with van der Waals surface area (Å²) < 4.78 is 6.96. The van der Waals surface area contributed by atoms with Crippen molar-refractivity contribution < 1.29 is 19.2 Å². The number of aryl methyl sites for hydroxylation is 1. The molecule has 1 heterocycles. The molecule has 0 aliphatic carbocycles. The van der Waals surface area contributed by atoms with Crippen LogP contribution >= 0.6 is 11.6 Å². The third-order valence-corrected chi connectivity index (χ3v) is 4.65. The number of non-ortho nitro benzene ring substituents is 1. The summed E-state index contributed by atoms with van der Waals surface area (Å²) in [6, 6.07) is 11.9. The number of hydrogen-bond acceptors (Lipinski definition) is 6. The van der Waals surface area contributed by atoms with Crippen LogP contribution in [0.3, 0.4) is 0 Å². The number of ketones is 1. The minimum Gasteiger partial charge on any atom is -0.403 e. The zero-order valence-corrected chi connectivity index (χ0v) is 17.5. The van der Waals surface area contributed by atoms with E-state index in [-0.39, 0.29) is 34.3 Å². The predicted octanol–water partition coefficient (Wildman–Crippen LogP) is 4.78. The molecule has 0 spiro atoms. The molecule has 0 amide bonds. The van der Waals surface area contributed by atoms with Gasteiger partial charge in [0.05, 0.1) is 27.7 Å². The maximum absolute atomic E-state index is 13.3. The van der Waals surface area contributed by atoms with E-state index < -0.39 is 16.7 Å². The average Bonchev–Trinajstić information content (AvgIpc) is 3.01. The summed E-state index contributed by atoms with van der Waals surface area (Å²) in [4.78, 5) is 36.3. The zero-order valence-electron chi connectivity index (χ0n) is 16.8. The van der Waals surface area contributed by atoms with Gasteiger partial charge in [-0.2, -0.15) is 5.10 Å². The lowest BCUT2D eigenvalue weighted by Gasteiger charge is -2.10. The molecule has 0 unspecified atom stereocenters. The van der Waals surface area contributed by atoms with Gasteiger partial charge in [-0.15, -0.1) is 0 Å². The van der Waals surface area contributed by atoms with Gasteiger partial charge in [-0.25, -0.2) is 9.48 Å². The fraction of sp³-hybridized carbons (Fsp3) is 0.136. The number of allylic oxidation sites excluding steroid dienone is 1. The smallest absolute Gasteiger partial charge is 0.344 e. The summed E-state index contributed by atoms with van der Waals surface area (Å²) in [7, 11) is 0. The Balaban J connectivity index is 2.08. The van der Waals surface area contributed by atoms with Crippen molar-refractivity contribution in [2.24, 2.45) is 0 Å². The summed E-state index contributed by atoms with van der Waals surface area (Å²) in [6.45, 7) is 7.43. The SMILES string of the molecule is C=C(C)Cn1nc(C)c(C(=O)c2ccc([N+](=O)[O-])cc2Cl)c1OC(=O)c1ccccc1. The highest BCUT2D eigenvalue weighted by molar-refractivity contribution is 6.35. The topological polar surface area (TPSA) is 104 Å². The van der Waals surface area contributed by atoms with Crippen molar-refractivity contribution >= 4 is 29.0 Å². The van der Waals surface area contributed by atoms with Crippen LogP contribution in [0.5, 0.6) is 5.88 Å². The molecule has 1 aromatic heterocycles. The van der Waals surface area contributed by atoms with E-state index in [0.717, 1.165) is 11.6 Å². The van der Waals surface area contributed by atoms with Crippen molar-refractivity contribution in [2.45, 2.75) is 20.4 Å². The van der Waals surface area contributed by atoms with E-state index in [0.29, 0.717) is 11.3 Å². The van der Waals surface area contributed by atoms with E-state index in [2.05, 4.69) is 11.7 Å². The molecular formula is C22H18ClN3O5. The van der Waals surface area contributed by atoms with E-state index in [1.807, 2.05) is 0 Å². The highest BCUT2D eigenvalue weighted by Gasteiger charge is 2.28. The Hall–Kier alpha value is -3.78. The molecule has 0 radical (unpaired) electrons. The number of hydrogen-bond donors (Lipinski definition) is 0. The molecule has 0 saturated heterocycles. The van der Waals surface area contributed by atoms with Gasteiger partial charge in [0.1, 0.15) is 5.56 Å². The first-order chi connectivity index (χ1) is 14.7. The average molecular weight is 440 g/mol. The number of esters is 1. The van der Waals surface area contributed by atoms with Crippen molar-refractivity contribution in [3.05, 3.63) is 98.2 Å². The van der Waals surface area contributed by atoms with Crippen LogP contribution in [0.2, 0.25) is 5.02 Å². The Labute approximate surface area is 182 Å². The number of nitro benzene ring substituents is 1. The number of carbonyl (C=O) groups is 2. The number of aromatic nitrogens is 2. The van der Waals surface area contributed by atoms with Gasteiger partial charge in [0.25, 0.3) is 5.69 Å². The zero-order chi connectivity index (χ0) is 22.7. The van der Waals surface area contributed by atoms with Crippen LogP contribution in [0, 0.1) is 17.0 Å². The highest BCUT2D eigenvalue weighted by atomic mass is 35.5. The number of halogens is 1. The summed E-state index contributed by atoms with van der Waals surface area (Å²) >= 11 is 6.14. The van der Waals surface area contributed by atoms with Crippen LogP contribution in [0.15, 0.2) is 60.7 Å². The van der Waals surface area contributed by atoms with Crippen LogP contribution in [-0.2, 0) is 6.54 Å². The molecular weight excluding hydrogens is 422 g/mol. The Morgan fingerprint density at radius 2 is 1.90 bits per heavy atom. The first-order valence-electron chi connectivity index (χ1n) is 9.16. The molecule has 9 heteroatoms. The Morgan fingerprint density at radius 3 is 2.48 bits per heavy atom. The maximum atomic E-state index is 13.3. The largest absolute Gasteiger partial charge is 0.403 e. The number of nitro groups is 1. The third-order valence-electron chi connectivity index (χ3n) is 4.33. The second kappa shape index (κ2) is 8.93. The second-order valence-electron chi connectivity index (χ2n) is 6.89. The molecule has 0 fully saturated rings. The molecule has 158 valence electrons. The van der Waals surface area contributed by atoms with Crippen molar-refractivity contribution in [3.8, 4) is 5.88 Å². The van der Waals surface area contributed by atoms with Crippen LogP contribution < -0.4 is 4.74 Å². The van der Waals surface area contributed by atoms with Crippen molar-refractivity contribution in [2.75, 3.05) is 0 Å². The fourth-order valence-corrected chi connectivity index (χ4v) is 3.21. The van der Waals surface area contributed by atoms with Crippen LogP contribution in [0.25, 0.3) is 0 Å². The first-order valence-corrected chi connectivity index (χ1v) is 9.54. The van der Waals surface area contributed by atoms with Crippen LogP contribution in [0.4, 0.5) is 5.69 Å². The third kappa shape index (κ3) is 4.70. The van der Waals surface area contributed by atoms with Gasteiger partial charge in [-0.3, -0.25) is 14.9 Å². The van der Waals surface area contributed by atoms with Gasteiger partial charge in [-0.05, 0) is 32.0 Å². The molecule has 0 N–H and O–H groups in total. The lowest BCUT2D eigenvalue weighted by molar-refractivity contribution is -0.384. The van der Waals surface area contributed by atoms with E-state index >= 15 is 0 Å². The Kier molecular flexibility index (Phi) is 6.31. The quantitative estimate of drug-likeness (QED) is 0.172. The number of ether oxygens (including phenoxy) is 1. The van der Waals surface area contributed by atoms with Gasteiger partial charge < -0.3 is 4.74 Å². The van der Waals surface area contributed by atoms with Gasteiger partial charge in [0.2, 0.25) is 11.7 Å². The van der Waals surface area contributed by atoms with Gasteiger partial charge in [0.15, 0.2) is 0 Å². The molecule has 0 aliphatic heterocycles. The number of rotatable bonds is 7. The van der Waals surface area contributed by atoms with Crippen molar-refractivity contribution in [3.63, 3.8) is 0 Å². The first kappa shape index (κ1) is 21.9. The van der Waals surface area contributed by atoms with Gasteiger partial charge in [0, 0.05) is 17.7 Å². The molecule has 3 rings (SSSR count). The molecule has 0 atom stereocenters. The molecule has 3 aromatic rings. The monoisotopic (exact) mass is 439 g/mol. The molecule has 0 aliphatic rings. The molecule has 0 saturated carbocycles.